The van der Waals surface area contributed by atoms with Crippen LogP contribution in [0.25, 0.3) is 0 Å². The van der Waals surface area contributed by atoms with Crippen LogP contribution in [0.1, 0.15) is 6.42 Å². The molecule has 8 heavy (non-hydrogen) atoms. The maximum absolute atomic E-state index is 11.5. The van der Waals surface area contributed by atoms with Crippen molar-refractivity contribution >= 4 is 0 Å². The molecule has 0 aliphatic carbocycles. The predicted molar refractivity (Wildman–Crippen MR) is 23.6 cm³/mol. The number of nitrogens with zero attached hydrogens (tertiary/aromatic N) is 2. The Morgan fingerprint density at radius 2 is 2.25 bits per heavy atom. The quantitative estimate of drug-likeness (QED) is 0.464. The van der Waals surface area contributed by atoms with E-state index < -0.39 is 6.08 Å². The van der Waals surface area contributed by atoms with Crippen LogP contribution < -0.4 is 0 Å². The third kappa shape index (κ3) is 0.882. The van der Waals surface area contributed by atoms with Gasteiger partial charge in [-0.15, -0.1) is 0 Å². The first-order valence-corrected chi connectivity index (χ1v) is 2.22. The van der Waals surface area contributed by atoms with Gasteiger partial charge in [-0.05, 0) is 0 Å². The zero-order valence-electron chi connectivity index (χ0n) is 4.06. The average molecular weight is 118 g/mol. The minimum atomic E-state index is -1.70. The average Bonchev–Trinajstić information content (AvgIpc) is 2.12. The van der Waals surface area contributed by atoms with Crippen molar-refractivity contribution < 1.29 is 8.78 Å². The van der Waals surface area contributed by atoms with Gasteiger partial charge in [-0.1, -0.05) is 0 Å². The highest BCUT2D eigenvalue weighted by atomic mass is 19.3. The van der Waals surface area contributed by atoms with E-state index in [1.807, 2.05) is 0 Å². The molecule has 0 N–H and O–H groups in total. The van der Waals surface area contributed by atoms with E-state index in [0.29, 0.717) is 13.0 Å². The SMILES string of the molecule is FC(F)=C1CCN=N1. The molecule has 0 radical (unpaired) electrons. The van der Waals surface area contributed by atoms with E-state index in [9.17, 15) is 8.78 Å². The fraction of sp³-hybridized carbons (Fsp3) is 0.500. The molecule has 0 aromatic heterocycles. The molecule has 0 atom stereocenters. The van der Waals surface area contributed by atoms with Crippen LogP contribution in [0.2, 0.25) is 0 Å². The second-order valence-corrected chi connectivity index (χ2v) is 1.42. The zero-order valence-corrected chi connectivity index (χ0v) is 4.06. The van der Waals surface area contributed by atoms with Gasteiger partial charge in [-0.3, -0.25) is 0 Å². The lowest BCUT2D eigenvalue weighted by Crippen LogP contribution is -1.74. The van der Waals surface area contributed by atoms with Gasteiger partial charge < -0.3 is 0 Å². The van der Waals surface area contributed by atoms with Gasteiger partial charge in [-0.2, -0.15) is 19.0 Å². The molecule has 0 aromatic rings. The second kappa shape index (κ2) is 1.98. The summed E-state index contributed by atoms with van der Waals surface area (Å²) < 4.78 is 22.9. The van der Waals surface area contributed by atoms with Gasteiger partial charge in [0.05, 0.1) is 6.54 Å². The molecule has 0 fully saturated rings. The highest BCUT2D eigenvalue weighted by molar-refractivity contribution is 5.02. The predicted octanol–water partition coefficient (Wildman–Crippen LogP) is 1.95. The lowest BCUT2D eigenvalue weighted by molar-refractivity contribution is 0.409. The first-order chi connectivity index (χ1) is 3.80. The molecule has 44 valence electrons. The van der Waals surface area contributed by atoms with Crippen LogP contribution in [-0.4, -0.2) is 6.54 Å². The van der Waals surface area contributed by atoms with E-state index in [2.05, 4.69) is 10.2 Å². The maximum Gasteiger partial charge on any atom is 0.293 e. The summed E-state index contributed by atoms with van der Waals surface area (Å²) >= 11 is 0. The molecule has 0 saturated heterocycles. The normalized spacial score (nSPS) is 17.5. The largest absolute Gasteiger partial charge is 0.293 e. The number of azo groups is 1. The van der Waals surface area contributed by atoms with Crippen LogP contribution in [-0.2, 0) is 0 Å². The summed E-state index contributed by atoms with van der Waals surface area (Å²) in [5.41, 5.74) is -0.162. The van der Waals surface area contributed by atoms with Crippen molar-refractivity contribution in [2.45, 2.75) is 6.42 Å². The van der Waals surface area contributed by atoms with E-state index in [-0.39, 0.29) is 5.70 Å². The van der Waals surface area contributed by atoms with Crippen molar-refractivity contribution in [1.82, 2.24) is 0 Å². The Morgan fingerprint density at radius 3 is 2.50 bits per heavy atom. The summed E-state index contributed by atoms with van der Waals surface area (Å²) in [4.78, 5) is 0. The van der Waals surface area contributed by atoms with E-state index in [1.165, 1.54) is 0 Å². The molecule has 1 aliphatic rings. The maximum atomic E-state index is 11.5. The van der Waals surface area contributed by atoms with Crippen molar-refractivity contribution in [2.24, 2.45) is 10.2 Å². The summed E-state index contributed by atoms with van der Waals surface area (Å²) in [6.45, 7) is 0.409. The molecule has 1 heterocycles. The summed E-state index contributed by atoms with van der Waals surface area (Å²) in [6.07, 6.45) is -1.41. The van der Waals surface area contributed by atoms with Crippen LogP contribution in [0, 0.1) is 0 Å². The van der Waals surface area contributed by atoms with Crippen molar-refractivity contribution in [3.8, 4) is 0 Å². The lowest BCUT2D eigenvalue weighted by atomic mass is 10.4. The third-order valence-electron chi connectivity index (χ3n) is 0.858. The van der Waals surface area contributed by atoms with Crippen LogP contribution in [0.3, 0.4) is 0 Å². The third-order valence-corrected chi connectivity index (χ3v) is 0.858. The van der Waals surface area contributed by atoms with Gasteiger partial charge in [0, 0.05) is 6.42 Å². The van der Waals surface area contributed by atoms with Crippen molar-refractivity contribution in [3.05, 3.63) is 11.8 Å². The summed E-state index contributed by atoms with van der Waals surface area (Å²) in [7, 11) is 0. The Hall–Kier alpha value is -0.800. The highest BCUT2D eigenvalue weighted by Crippen LogP contribution is 2.18. The molecule has 0 aromatic carbocycles. The Bertz CT molecular complexity index is 146. The Morgan fingerprint density at radius 1 is 1.50 bits per heavy atom. The van der Waals surface area contributed by atoms with E-state index >= 15 is 0 Å². The van der Waals surface area contributed by atoms with Gasteiger partial charge in [0.1, 0.15) is 5.70 Å². The minimum Gasteiger partial charge on any atom is -0.188 e. The van der Waals surface area contributed by atoms with E-state index in [4.69, 9.17) is 0 Å². The molecule has 2 nitrogen and oxygen atoms in total. The summed E-state index contributed by atoms with van der Waals surface area (Å²) in [5, 5.41) is 6.56. The number of rotatable bonds is 0. The molecule has 1 rings (SSSR count). The van der Waals surface area contributed by atoms with Crippen LogP contribution in [0.15, 0.2) is 22.0 Å². The molecule has 0 amide bonds. The standard InChI is InChI=1S/C4H4F2N2/c5-4(6)3-1-2-7-8-3/h1-2H2. The smallest absolute Gasteiger partial charge is 0.188 e. The number of hydrogen-bond donors (Lipinski definition) is 0. The molecule has 0 spiro atoms. The van der Waals surface area contributed by atoms with Gasteiger partial charge in [0.2, 0.25) is 0 Å². The fourth-order valence-electron chi connectivity index (χ4n) is 0.474. The van der Waals surface area contributed by atoms with E-state index in [1.54, 1.807) is 0 Å². The van der Waals surface area contributed by atoms with Crippen LogP contribution in [0.5, 0.6) is 0 Å². The number of hydrogen-bond acceptors (Lipinski definition) is 2. The fourth-order valence-corrected chi connectivity index (χ4v) is 0.474. The molecular weight excluding hydrogens is 114 g/mol. The van der Waals surface area contributed by atoms with Gasteiger partial charge >= 0.3 is 0 Å². The molecule has 4 heteroatoms. The monoisotopic (exact) mass is 118 g/mol. The Labute approximate surface area is 44.9 Å². The van der Waals surface area contributed by atoms with Crippen molar-refractivity contribution in [3.63, 3.8) is 0 Å². The molecule has 0 unspecified atom stereocenters. The molecule has 0 bridgehead atoms. The van der Waals surface area contributed by atoms with Crippen molar-refractivity contribution in [2.75, 3.05) is 6.54 Å². The lowest BCUT2D eigenvalue weighted by Gasteiger charge is -1.81. The van der Waals surface area contributed by atoms with Crippen molar-refractivity contribution in [1.29, 1.82) is 0 Å². The summed E-state index contributed by atoms with van der Waals surface area (Å²) in [6, 6.07) is 0. The second-order valence-electron chi connectivity index (χ2n) is 1.42. The van der Waals surface area contributed by atoms with Gasteiger partial charge in [0.25, 0.3) is 6.08 Å². The first kappa shape index (κ1) is 5.34. The highest BCUT2D eigenvalue weighted by Gasteiger charge is 2.08. The Balaban J connectivity index is 2.73. The first-order valence-electron chi connectivity index (χ1n) is 2.22. The van der Waals surface area contributed by atoms with Gasteiger partial charge in [0.15, 0.2) is 0 Å². The topological polar surface area (TPSA) is 24.7 Å². The summed E-state index contributed by atoms with van der Waals surface area (Å²) in [5.74, 6) is 0. The molecular formula is C4H4F2N2. The minimum absolute atomic E-state index is 0.162. The molecule has 1 aliphatic heterocycles. The van der Waals surface area contributed by atoms with Gasteiger partial charge in [-0.25, -0.2) is 0 Å². The van der Waals surface area contributed by atoms with E-state index in [0.717, 1.165) is 0 Å². The van der Waals surface area contributed by atoms with Crippen LogP contribution in [0.4, 0.5) is 8.78 Å². The van der Waals surface area contributed by atoms with Crippen LogP contribution >= 0.6 is 0 Å². The zero-order chi connectivity index (χ0) is 5.98. The number of halogens is 2. The Kier molecular flexibility index (Phi) is 1.32. The molecule has 0 saturated carbocycles.